The maximum absolute atomic E-state index is 13.8. The molecule has 1 aliphatic rings. The molecule has 2 N–H and O–H groups in total. The highest BCUT2D eigenvalue weighted by Crippen LogP contribution is 2.35. The van der Waals surface area contributed by atoms with Gasteiger partial charge in [0.2, 0.25) is 5.95 Å². The molecule has 1 fully saturated rings. The molecule has 0 unspecified atom stereocenters. The third-order valence-corrected chi connectivity index (χ3v) is 3.46. The van der Waals surface area contributed by atoms with Gasteiger partial charge in [-0.2, -0.15) is 0 Å². The third kappa shape index (κ3) is 1.49. The number of rotatable bonds is 1. The number of hydrogen-bond donors (Lipinski definition) is 1. The van der Waals surface area contributed by atoms with E-state index in [1.165, 1.54) is 6.07 Å². The van der Waals surface area contributed by atoms with Crippen molar-refractivity contribution in [3.05, 3.63) is 23.8 Å². The lowest BCUT2D eigenvalue weighted by atomic mass is 10.2. The molecule has 17 heavy (non-hydrogen) atoms. The van der Waals surface area contributed by atoms with Crippen molar-refractivity contribution in [2.24, 2.45) is 0 Å². The molecular formula is C12H13F2N3. The number of benzene rings is 1. The second-order valence-electron chi connectivity index (χ2n) is 4.51. The van der Waals surface area contributed by atoms with E-state index < -0.39 is 11.6 Å². The summed E-state index contributed by atoms with van der Waals surface area (Å²) in [4.78, 5) is 4.09. The lowest BCUT2D eigenvalue weighted by Crippen LogP contribution is -2.09. The molecule has 0 amide bonds. The van der Waals surface area contributed by atoms with Gasteiger partial charge in [0, 0.05) is 6.04 Å². The lowest BCUT2D eigenvalue weighted by Gasteiger charge is -2.14. The number of imidazole rings is 1. The largest absolute Gasteiger partial charge is 0.369 e. The minimum atomic E-state index is -0.850. The van der Waals surface area contributed by atoms with Crippen LogP contribution in [0.4, 0.5) is 14.7 Å². The highest BCUT2D eigenvalue weighted by molar-refractivity contribution is 5.79. The van der Waals surface area contributed by atoms with E-state index in [9.17, 15) is 8.78 Å². The molecule has 0 bridgehead atoms. The zero-order valence-corrected chi connectivity index (χ0v) is 9.29. The van der Waals surface area contributed by atoms with Crippen molar-refractivity contribution >= 4 is 17.0 Å². The van der Waals surface area contributed by atoms with Crippen LogP contribution in [0.15, 0.2) is 12.1 Å². The van der Waals surface area contributed by atoms with Gasteiger partial charge in [-0.1, -0.05) is 12.8 Å². The quantitative estimate of drug-likeness (QED) is 0.828. The second kappa shape index (κ2) is 3.68. The SMILES string of the molecule is Nc1nc2ccc(F)c(F)c2n1C1CCCC1. The van der Waals surface area contributed by atoms with Gasteiger partial charge in [-0.15, -0.1) is 0 Å². The van der Waals surface area contributed by atoms with Crippen LogP contribution in [0.1, 0.15) is 31.7 Å². The summed E-state index contributed by atoms with van der Waals surface area (Å²) in [5.41, 5.74) is 6.44. The first-order valence-corrected chi connectivity index (χ1v) is 5.80. The molecule has 2 aromatic rings. The minimum absolute atomic E-state index is 0.149. The van der Waals surface area contributed by atoms with E-state index in [-0.39, 0.29) is 17.5 Å². The molecule has 1 saturated carbocycles. The third-order valence-electron chi connectivity index (χ3n) is 3.46. The summed E-state index contributed by atoms with van der Waals surface area (Å²) >= 11 is 0. The minimum Gasteiger partial charge on any atom is -0.369 e. The van der Waals surface area contributed by atoms with Gasteiger partial charge in [-0.3, -0.25) is 0 Å². The van der Waals surface area contributed by atoms with Crippen LogP contribution in [-0.4, -0.2) is 9.55 Å². The molecule has 3 nitrogen and oxygen atoms in total. The number of fused-ring (bicyclic) bond motifs is 1. The standard InChI is InChI=1S/C12H13F2N3/c13-8-5-6-9-11(10(8)14)17(12(15)16-9)7-3-1-2-4-7/h5-7H,1-4H2,(H2,15,16). The Kier molecular flexibility index (Phi) is 2.28. The van der Waals surface area contributed by atoms with Crippen LogP contribution in [0.2, 0.25) is 0 Å². The van der Waals surface area contributed by atoms with E-state index in [1.54, 1.807) is 4.57 Å². The molecule has 90 valence electrons. The van der Waals surface area contributed by atoms with Crippen LogP contribution in [0.25, 0.3) is 11.0 Å². The van der Waals surface area contributed by atoms with Crippen LogP contribution in [0.5, 0.6) is 0 Å². The molecule has 5 heteroatoms. The second-order valence-corrected chi connectivity index (χ2v) is 4.51. The van der Waals surface area contributed by atoms with E-state index >= 15 is 0 Å². The van der Waals surface area contributed by atoms with Gasteiger partial charge in [-0.05, 0) is 25.0 Å². The summed E-state index contributed by atoms with van der Waals surface area (Å²) in [5, 5.41) is 0. The Bertz CT molecular complexity index is 571. The molecule has 1 heterocycles. The topological polar surface area (TPSA) is 43.8 Å². The summed E-state index contributed by atoms with van der Waals surface area (Å²) in [6.07, 6.45) is 4.10. The van der Waals surface area contributed by atoms with Gasteiger partial charge in [0.15, 0.2) is 11.6 Å². The Morgan fingerprint density at radius 1 is 1.24 bits per heavy atom. The molecule has 0 spiro atoms. The van der Waals surface area contributed by atoms with Crippen LogP contribution < -0.4 is 5.73 Å². The van der Waals surface area contributed by atoms with Gasteiger partial charge in [0.25, 0.3) is 0 Å². The first kappa shape index (κ1) is 10.5. The Morgan fingerprint density at radius 3 is 2.65 bits per heavy atom. The number of aromatic nitrogens is 2. The van der Waals surface area contributed by atoms with E-state index in [4.69, 9.17) is 5.73 Å². The number of hydrogen-bond acceptors (Lipinski definition) is 2. The number of nitrogen functional groups attached to an aromatic ring is 1. The Hall–Kier alpha value is -1.65. The zero-order chi connectivity index (χ0) is 12.0. The van der Waals surface area contributed by atoms with Crippen molar-refractivity contribution in [1.82, 2.24) is 9.55 Å². The van der Waals surface area contributed by atoms with Crippen molar-refractivity contribution in [3.8, 4) is 0 Å². The van der Waals surface area contributed by atoms with Crippen LogP contribution in [-0.2, 0) is 0 Å². The molecule has 1 aromatic carbocycles. The molecule has 0 aliphatic heterocycles. The molecule has 0 radical (unpaired) electrons. The summed E-state index contributed by atoms with van der Waals surface area (Å²) in [6, 6.07) is 2.70. The fraction of sp³-hybridized carbons (Fsp3) is 0.417. The molecule has 3 rings (SSSR count). The predicted octanol–water partition coefficient (Wildman–Crippen LogP) is 3.01. The average molecular weight is 237 g/mol. The lowest BCUT2D eigenvalue weighted by molar-refractivity contribution is 0.495. The molecular weight excluding hydrogens is 224 g/mol. The number of anilines is 1. The van der Waals surface area contributed by atoms with Crippen LogP contribution in [0.3, 0.4) is 0 Å². The monoisotopic (exact) mass is 237 g/mol. The van der Waals surface area contributed by atoms with E-state index in [0.717, 1.165) is 31.7 Å². The zero-order valence-electron chi connectivity index (χ0n) is 9.29. The molecule has 1 aliphatic carbocycles. The summed E-state index contributed by atoms with van der Waals surface area (Å²) in [5.74, 6) is -1.42. The first-order valence-electron chi connectivity index (χ1n) is 5.80. The fourth-order valence-corrected chi connectivity index (χ4v) is 2.67. The van der Waals surface area contributed by atoms with Crippen molar-refractivity contribution in [2.75, 3.05) is 5.73 Å². The molecule has 0 atom stereocenters. The van der Waals surface area contributed by atoms with E-state index in [1.807, 2.05) is 0 Å². The molecule has 1 aromatic heterocycles. The number of nitrogens with two attached hydrogens (primary N) is 1. The normalized spacial score (nSPS) is 17.1. The Balaban J connectivity index is 2.28. The van der Waals surface area contributed by atoms with Crippen LogP contribution in [0, 0.1) is 11.6 Å². The van der Waals surface area contributed by atoms with E-state index in [0.29, 0.717) is 5.52 Å². The maximum Gasteiger partial charge on any atom is 0.201 e. The van der Waals surface area contributed by atoms with Gasteiger partial charge in [0.05, 0.1) is 5.52 Å². The Labute approximate surface area is 97.2 Å². The van der Waals surface area contributed by atoms with Crippen molar-refractivity contribution in [2.45, 2.75) is 31.7 Å². The highest BCUT2D eigenvalue weighted by atomic mass is 19.2. The first-order chi connectivity index (χ1) is 8.18. The van der Waals surface area contributed by atoms with Crippen molar-refractivity contribution < 1.29 is 8.78 Å². The fourth-order valence-electron chi connectivity index (χ4n) is 2.67. The van der Waals surface area contributed by atoms with Crippen molar-refractivity contribution in [3.63, 3.8) is 0 Å². The Morgan fingerprint density at radius 2 is 1.94 bits per heavy atom. The molecule has 0 saturated heterocycles. The number of nitrogens with zero attached hydrogens (tertiary/aromatic N) is 2. The maximum atomic E-state index is 13.8. The smallest absolute Gasteiger partial charge is 0.201 e. The van der Waals surface area contributed by atoms with E-state index in [2.05, 4.69) is 4.98 Å². The van der Waals surface area contributed by atoms with Gasteiger partial charge >= 0.3 is 0 Å². The predicted molar refractivity (Wildman–Crippen MR) is 61.6 cm³/mol. The number of halogens is 2. The van der Waals surface area contributed by atoms with Gasteiger partial charge < -0.3 is 10.3 Å². The highest BCUT2D eigenvalue weighted by Gasteiger charge is 2.24. The van der Waals surface area contributed by atoms with Crippen LogP contribution >= 0.6 is 0 Å². The van der Waals surface area contributed by atoms with Gasteiger partial charge in [-0.25, -0.2) is 13.8 Å². The van der Waals surface area contributed by atoms with Crippen molar-refractivity contribution in [1.29, 1.82) is 0 Å². The summed E-state index contributed by atoms with van der Waals surface area (Å²) in [6.45, 7) is 0. The van der Waals surface area contributed by atoms with Gasteiger partial charge in [0.1, 0.15) is 5.52 Å². The average Bonchev–Trinajstić information content (AvgIpc) is 2.90. The summed E-state index contributed by atoms with van der Waals surface area (Å²) in [7, 11) is 0. The summed E-state index contributed by atoms with van der Waals surface area (Å²) < 4.78 is 28.8.